The summed E-state index contributed by atoms with van der Waals surface area (Å²) in [7, 11) is 1.80. The average molecular weight is 227 g/mol. The van der Waals surface area contributed by atoms with Crippen LogP contribution in [0.5, 0.6) is 0 Å². The molecule has 1 rings (SSSR count). The third-order valence-electron chi connectivity index (χ3n) is 3.88. The first-order valence-corrected chi connectivity index (χ1v) is 6.89. The Morgan fingerprint density at radius 1 is 1.19 bits per heavy atom. The zero-order valence-electron chi connectivity index (χ0n) is 11.5. The predicted octanol–water partition coefficient (Wildman–Crippen LogP) is 3.07. The lowest BCUT2D eigenvalue weighted by atomic mass is 9.73. The van der Waals surface area contributed by atoms with Gasteiger partial charge in [0.1, 0.15) is 0 Å². The smallest absolute Gasteiger partial charge is 0.0477 e. The van der Waals surface area contributed by atoms with E-state index < -0.39 is 0 Å². The number of hydrogen-bond acceptors (Lipinski definition) is 2. The molecule has 1 N–H and O–H groups in total. The maximum atomic E-state index is 5.22. The second-order valence-corrected chi connectivity index (χ2v) is 5.62. The van der Waals surface area contributed by atoms with E-state index in [4.69, 9.17) is 4.74 Å². The van der Waals surface area contributed by atoms with Crippen molar-refractivity contribution in [3.05, 3.63) is 0 Å². The number of methoxy groups -OCH3 is 1. The van der Waals surface area contributed by atoms with Crippen LogP contribution < -0.4 is 5.32 Å². The second kappa shape index (κ2) is 7.29. The predicted molar refractivity (Wildman–Crippen MR) is 69.6 cm³/mol. The SMILES string of the molecule is CCNC(CCOC)C1CC(C)CC(C)C1. The van der Waals surface area contributed by atoms with Gasteiger partial charge in [-0.25, -0.2) is 0 Å². The minimum atomic E-state index is 0.662. The van der Waals surface area contributed by atoms with Crippen molar-refractivity contribution in [3.8, 4) is 0 Å². The van der Waals surface area contributed by atoms with E-state index in [1.54, 1.807) is 7.11 Å². The highest BCUT2D eigenvalue weighted by molar-refractivity contribution is 4.83. The summed E-state index contributed by atoms with van der Waals surface area (Å²) in [6, 6.07) is 0.662. The van der Waals surface area contributed by atoms with Crippen LogP contribution in [0.2, 0.25) is 0 Å². The lowest BCUT2D eigenvalue weighted by Gasteiger charge is -2.37. The van der Waals surface area contributed by atoms with Gasteiger partial charge in [0.25, 0.3) is 0 Å². The molecule has 1 saturated carbocycles. The summed E-state index contributed by atoms with van der Waals surface area (Å²) in [5.74, 6) is 2.66. The van der Waals surface area contributed by atoms with Crippen molar-refractivity contribution in [2.24, 2.45) is 17.8 Å². The number of ether oxygens (including phenoxy) is 1. The monoisotopic (exact) mass is 227 g/mol. The van der Waals surface area contributed by atoms with E-state index >= 15 is 0 Å². The molecule has 1 fully saturated rings. The first kappa shape index (κ1) is 14.0. The highest BCUT2D eigenvalue weighted by atomic mass is 16.5. The summed E-state index contributed by atoms with van der Waals surface area (Å²) in [6.07, 6.45) is 5.37. The van der Waals surface area contributed by atoms with Crippen LogP contribution in [0.15, 0.2) is 0 Å². The normalized spacial score (nSPS) is 32.6. The molecule has 0 amide bonds. The van der Waals surface area contributed by atoms with Crippen LogP contribution in [0.4, 0.5) is 0 Å². The van der Waals surface area contributed by atoms with Crippen LogP contribution in [-0.2, 0) is 4.74 Å². The molecular weight excluding hydrogens is 198 g/mol. The Bertz CT molecular complexity index is 174. The van der Waals surface area contributed by atoms with Crippen molar-refractivity contribution < 1.29 is 4.74 Å². The lowest BCUT2D eigenvalue weighted by molar-refractivity contribution is 0.134. The maximum absolute atomic E-state index is 5.22. The number of hydrogen-bond donors (Lipinski definition) is 1. The van der Waals surface area contributed by atoms with Crippen LogP contribution in [0.1, 0.15) is 46.5 Å². The van der Waals surface area contributed by atoms with Gasteiger partial charge in [-0.15, -0.1) is 0 Å². The Balaban J connectivity index is 2.47. The molecule has 2 heteroatoms. The Hall–Kier alpha value is -0.0800. The fourth-order valence-electron chi connectivity index (χ4n) is 3.35. The average Bonchev–Trinajstić information content (AvgIpc) is 2.22. The fraction of sp³-hybridized carbons (Fsp3) is 1.00. The van der Waals surface area contributed by atoms with E-state index in [0.29, 0.717) is 6.04 Å². The van der Waals surface area contributed by atoms with Gasteiger partial charge in [0.2, 0.25) is 0 Å². The molecule has 0 radical (unpaired) electrons. The molecule has 96 valence electrons. The molecule has 0 bridgehead atoms. The Kier molecular flexibility index (Phi) is 6.37. The largest absolute Gasteiger partial charge is 0.385 e. The fourth-order valence-corrected chi connectivity index (χ4v) is 3.35. The molecule has 1 aliphatic rings. The summed E-state index contributed by atoms with van der Waals surface area (Å²) in [5, 5.41) is 3.65. The van der Waals surface area contributed by atoms with Gasteiger partial charge in [-0.3, -0.25) is 0 Å². The van der Waals surface area contributed by atoms with Crippen molar-refractivity contribution >= 4 is 0 Å². The molecular formula is C14H29NO. The molecule has 3 unspecified atom stereocenters. The topological polar surface area (TPSA) is 21.3 Å². The molecule has 0 heterocycles. The van der Waals surface area contributed by atoms with Crippen molar-refractivity contribution in [1.82, 2.24) is 5.32 Å². The van der Waals surface area contributed by atoms with Crippen molar-refractivity contribution in [1.29, 1.82) is 0 Å². The molecule has 0 aromatic carbocycles. The van der Waals surface area contributed by atoms with Crippen LogP contribution in [-0.4, -0.2) is 26.3 Å². The quantitative estimate of drug-likeness (QED) is 0.753. The molecule has 0 saturated heterocycles. The van der Waals surface area contributed by atoms with Crippen molar-refractivity contribution in [2.45, 2.75) is 52.5 Å². The summed E-state index contributed by atoms with van der Waals surface area (Å²) in [6.45, 7) is 8.98. The lowest BCUT2D eigenvalue weighted by Crippen LogP contribution is -2.40. The summed E-state index contributed by atoms with van der Waals surface area (Å²) in [5.41, 5.74) is 0. The molecule has 3 atom stereocenters. The van der Waals surface area contributed by atoms with E-state index in [0.717, 1.165) is 37.3 Å². The van der Waals surface area contributed by atoms with Gasteiger partial charge >= 0.3 is 0 Å². The van der Waals surface area contributed by atoms with Gasteiger partial charge in [-0.2, -0.15) is 0 Å². The van der Waals surface area contributed by atoms with Gasteiger partial charge in [-0.05, 0) is 50.0 Å². The summed E-state index contributed by atoms with van der Waals surface area (Å²) in [4.78, 5) is 0. The maximum Gasteiger partial charge on any atom is 0.0477 e. The molecule has 0 aliphatic heterocycles. The molecule has 1 aliphatic carbocycles. The molecule has 0 spiro atoms. The minimum Gasteiger partial charge on any atom is -0.385 e. The summed E-state index contributed by atoms with van der Waals surface area (Å²) < 4.78 is 5.22. The van der Waals surface area contributed by atoms with Crippen molar-refractivity contribution in [3.63, 3.8) is 0 Å². The Labute approximate surface area is 101 Å². The van der Waals surface area contributed by atoms with Gasteiger partial charge in [0, 0.05) is 19.8 Å². The third kappa shape index (κ3) is 4.42. The second-order valence-electron chi connectivity index (χ2n) is 5.62. The molecule has 0 aromatic heterocycles. The van der Waals surface area contributed by atoms with Gasteiger partial charge in [0.05, 0.1) is 0 Å². The van der Waals surface area contributed by atoms with Crippen LogP contribution in [0, 0.1) is 17.8 Å². The van der Waals surface area contributed by atoms with Gasteiger partial charge in [0.15, 0.2) is 0 Å². The Morgan fingerprint density at radius 2 is 1.81 bits per heavy atom. The molecule has 0 aromatic rings. The highest BCUT2D eigenvalue weighted by Crippen LogP contribution is 2.35. The first-order chi connectivity index (χ1) is 7.67. The zero-order chi connectivity index (χ0) is 12.0. The van der Waals surface area contributed by atoms with E-state index in [2.05, 4.69) is 26.1 Å². The summed E-state index contributed by atoms with van der Waals surface area (Å²) >= 11 is 0. The van der Waals surface area contributed by atoms with Gasteiger partial charge < -0.3 is 10.1 Å². The standard InChI is InChI=1S/C14H29NO/c1-5-15-14(6-7-16-4)13-9-11(2)8-12(3)10-13/h11-15H,5-10H2,1-4H3. The number of rotatable bonds is 6. The first-order valence-electron chi connectivity index (χ1n) is 6.89. The van der Waals surface area contributed by atoms with Gasteiger partial charge in [-0.1, -0.05) is 20.8 Å². The van der Waals surface area contributed by atoms with Crippen LogP contribution >= 0.6 is 0 Å². The van der Waals surface area contributed by atoms with Crippen molar-refractivity contribution in [2.75, 3.05) is 20.3 Å². The van der Waals surface area contributed by atoms with Crippen LogP contribution in [0.25, 0.3) is 0 Å². The highest BCUT2D eigenvalue weighted by Gasteiger charge is 2.29. The van der Waals surface area contributed by atoms with Crippen LogP contribution in [0.3, 0.4) is 0 Å². The van der Waals surface area contributed by atoms with E-state index in [9.17, 15) is 0 Å². The molecule has 16 heavy (non-hydrogen) atoms. The Morgan fingerprint density at radius 3 is 2.31 bits per heavy atom. The third-order valence-corrected chi connectivity index (χ3v) is 3.88. The minimum absolute atomic E-state index is 0.662. The van der Waals surface area contributed by atoms with E-state index in [1.807, 2.05) is 0 Å². The zero-order valence-corrected chi connectivity index (χ0v) is 11.5. The molecule has 2 nitrogen and oxygen atoms in total. The van der Waals surface area contributed by atoms with E-state index in [1.165, 1.54) is 19.3 Å². The van der Waals surface area contributed by atoms with E-state index in [-0.39, 0.29) is 0 Å². The number of nitrogens with one attached hydrogen (secondary N) is 1.